The molecule has 182 valence electrons. The van der Waals surface area contributed by atoms with Gasteiger partial charge in [-0.05, 0) is 81.9 Å². The third kappa shape index (κ3) is 5.31. The van der Waals surface area contributed by atoms with Crippen molar-refractivity contribution < 1.29 is 4.74 Å². The summed E-state index contributed by atoms with van der Waals surface area (Å²) in [5, 5.41) is 14.7. The molecule has 0 amide bonds. The molecule has 0 saturated carbocycles. The number of nitrogen functional groups attached to an aromatic ring is 1. The normalized spacial score (nSPS) is 19.5. The first-order valence-electron chi connectivity index (χ1n) is 12.4. The van der Waals surface area contributed by atoms with Crippen LogP contribution >= 0.6 is 11.3 Å². The average molecular weight is 488 g/mol. The fraction of sp³-hybridized carbons (Fsp3) is 0.393. The van der Waals surface area contributed by atoms with Gasteiger partial charge in [0.05, 0.1) is 17.8 Å². The van der Waals surface area contributed by atoms with Gasteiger partial charge in [0.1, 0.15) is 15.8 Å². The predicted molar refractivity (Wildman–Crippen MR) is 145 cm³/mol. The van der Waals surface area contributed by atoms with Crippen LogP contribution in [-0.4, -0.2) is 35.1 Å². The van der Waals surface area contributed by atoms with Crippen molar-refractivity contribution in [1.82, 2.24) is 15.5 Å². The zero-order chi connectivity index (χ0) is 24.4. The molecule has 5 rings (SSSR count). The van der Waals surface area contributed by atoms with Gasteiger partial charge in [0.15, 0.2) is 0 Å². The second-order valence-electron chi connectivity index (χ2n) is 9.71. The molecule has 2 atom stereocenters. The summed E-state index contributed by atoms with van der Waals surface area (Å²) in [7, 11) is 0. The average Bonchev–Trinajstić information content (AvgIpc) is 3.33. The predicted octanol–water partition coefficient (Wildman–Crippen LogP) is 6.00. The standard InChI is InChI=1S/C28H33N5OS/c1-17(2)34-26-11-10-20(15-24(26)29)27-32-33-28(35-27)23-8-4-7-22-21(23)6-5-9-25(22)31-16-19-12-13-30-18(3)14-19/h4,7-8,10-13,15,17-18,25,31H,5-6,9,14,16,29H2,1-3H3. The van der Waals surface area contributed by atoms with Crippen LogP contribution in [0.2, 0.25) is 0 Å². The topological polar surface area (TPSA) is 85.4 Å². The number of rotatable bonds is 7. The molecule has 0 spiro atoms. The van der Waals surface area contributed by atoms with Gasteiger partial charge in [-0.3, -0.25) is 4.99 Å². The van der Waals surface area contributed by atoms with Gasteiger partial charge >= 0.3 is 0 Å². The van der Waals surface area contributed by atoms with Crippen LogP contribution < -0.4 is 15.8 Å². The SMILES string of the molecule is CC1CC(CNC2CCCc3c(-c4nnc(-c5ccc(OC(C)C)c(N)c5)s4)cccc32)=CC=N1. The van der Waals surface area contributed by atoms with E-state index in [1.807, 2.05) is 38.3 Å². The fourth-order valence-electron chi connectivity index (χ4n) is 4.93. The molecule has 1 aliphatic heterocycles. The third-order valence-electron chi connectivity index (χ3n) is 6.57. The molecule has 3 N–H and O–H groups in total. The lowest BCUT2D eigenvalue weighted by molar-refractivity contribution is 0.244. The molecule has 0 fully saturated rings. The van der Waals surface area contributed by atoms with E-state index in [1.54, 1.807) is 11.3 Å². The van der Waals surface area contributed by atoms with E-state index in [4.69, 9.17) is 10.5 Å². The van der Waals surface area contributed by atoms with Crippen molar-refractivity contribution in [3.05, 3.63) is 59.2 Å². The van der Waals surface area contributed by atoms with Gasteiger partial charge in [-0.15, -0.1) is 10.2 Å². The minimum atomic E-state index is 0.0793. The van der Waals surface area contributed by atoms with E-state index < -0.39 is 0 Å². The van der Waals surface area contributed by atoms with Gasteiger partial charge < -0.3 is 15.8 Å². The van der Waals surface area contributed by atoms with Crippen LogP contribution in [0.15, 0.2) is 53.0 Å². The molecule has 0 radical (unpaired) electrons. The number of allylic oxidation sites excluding steroid dienone is 1. The highest BCUT2D eigenvalue weighted by Gasteiger charge is 2.24. The van der Waals surface area contributed by atoms with E-state index >= 15 is 0 Å². The molecule has 1 aromatic heterocycles. The zero-order valence-electron chi connectivity index (χ0n) is 20.6. The van der Waals surface area contributed by atoms with Crippen LogP contribution in [0.3, 0.4) is 0 Å². The Hall–Kier alpha value is -3.03. The van der Waals surface area contributed by atoms with Gasteiger partial charge in [-0.1, -0.05) is 35.1 Å². The van der Waals surface area contributed by atoms with Crippen molar-refractivity contribution in [2.24, 2.45) is 4.99 Å². The lowest BCUT2D eigenvalue weighted by Crippen LogP contribution is -2.28. The van der Waals surface area contributed by atoms with E-state index in [9.17, 15) is 0 Å². The van der Waals surface area contributed by atoms with Crippen LogP contribution in [0.25, 0.3) is 21.1 Å². The molecule has 7 heteroatoms. The molecule has 6 nitrogen and oxygen atoms in total. The summed E-state index contributed by atoms with van der Waals surface area (Å²) >= 11 is 1.62. The first-order valence-corrected chi connectivity index (χ1v) is 13.3. The summed E-state index contributed by atoms with van der Waals surface area (Å²) in [4.78, 5) is 4.45. The van der Waals surface area contributed by atoms with Crippen molar-refractivity contribution in [2.75, 3.05) is 12.3 Å². The monoisotopic (exact) mass is 487 g/mol. The molecule has 0 bridgehead atoms. The lowest BCUT2D eigenvalue weighted by atomic mass is 9.84. The van der Waals surface area contributed by atoms with Crippen molar-refractivity contribution in [1.29, 1.82) is 0 Å². The number of dihydropyridines is 1. The van der Waals surface area contributed by atoms with E-state index in [0.29, 0.717) is 23.5 Å². The molecule has 3 aromatic rings. The van der Waals surface area contributed by atoms with E-state index in [0.717, 1.165) is 47.8 Å². The second kappa shape index (κ2) is 10.3. The van der Waals surface area contributed by atoms with Gasteiger partial charge in [0.25, 0.3) is 0 Å². The maximum absolute atomic E-state index is 6.23. The largest absolute Gasteiger partial charge is 0.489 e. The Labute approximate surface area is 211 Å². The molecular formula is C28H33N5OS. The Bertz CT molecular complexity index is 1260. The van der Waals surface area contributed by atoms with Crippen LogP contribution in [-0.2, 0) is 6.42 Å². The van der Waals surface area contributed by atoms with Crippen molar-refractivity contribution in [2.45, 2.75) is 64.6 Å². The number of aromatic nitrogens is 2. The number of aliphatic imine (C=N–C) groups is 1. The van der Waals surface area contributed by atoms with E-state index in [2.05, 4.69) is 51.7 Å². The van der Waals surface area contributed by atoms with Crippen molar-refractivity contribution in [3.8, 4) is 26.9 Å². The van der Waals surface area contributed by atoms with Crippen LogP contribution in [0, 0.1) is 0 Å². The number of nitrogens with one attached hydrogen (secondary N) is 1. The Morgan fingerprint density at radius 1 is 1.17 bits per heavy atom. The fourth-order valence-corrected chi connectivity index (χ4v) is 5.83. The van der Waals surface area contributed by atoms with E-state index in [1.165, 1.54) is 22.3 Å². The molecule has 2 aromatic carbocycles. The second-order valence-corrected chi connectivity index (χ2v) is 10.7. The molecule has 2 heterocycles. The summed E-state index contributed by atoms with van der Waals surface area (Å²) in [6.07, 6.45) is 8.60. The van der Waals surface area contributed by atoms with Crippen LogP contribution in [0.4, 0.5) is 5.69 Å². The number of ether oxygens (including phenoxy) is 1. The quantitative estimate of drug-likeness (QED) is 0.399. The highest BCUT2D eigenvalue weighted by atomic mass is 32.1. The Morgan fingerprint density at radius 3 is 2.83 bits per heavy atom. The number of hydrogen-bond acceptors (Lipinski definition) is 7. The number of nitrogens with zero attached hydrogens (tertiary/aromatic N) is 3. The van der Waals surface area contributed by atoms with Gasteiger partial charge in [-0.25, -0.2) is 0 Å². The Morgan fingerprint density at radius 2 is 2.03 bits per heavy atom. The maximum Gasteiger partial charge on any atom is 0.148 e. The Balaban J connectivity index is 1.37. The van der Waals surface area contributed by atoms with Crippen molar-refractivity contribution >= 4 is 23.2 Å². The highest BCUT2D eigenvalue weighted by molar-refractivity contribution is 7.17. The maximum atomic E-state index is 6.23. The van der Waals surface area contributed by atoms with Gasteiger partial charge in [0, 0.05) is 29.9 Å². The first-order chi connectivity index (χ1) is 17.0. The summed E-state index contributed by atoms with van der Waals surface area (Å²) < 4.78 is 5.77. The summed E-state index contributed by atoms with van der Waals surface area (Å²) in [6.45, 7) is 7.07. The molecule has 35 heavy (non-hydrogen) atoms. The molecule has 0 saturated heterocycles. The number of anilines is 1. The van der Waals surface area contributed by atoms with Crippen LogP contribution in [0.5, 0.6) is 5.75 Å². The zero-order valence-corrected chi connectivity index (χ0v) is 21.4. The Kier molecular flexibility index (Phi) is 6.97. The summed E-state index contributed by atoms with van der Waals surface area (Å²) in [5.74, 6) is 0.704. The smallest absolute Gasteiger partial charge is 0.148 e. The first kappa shape index (κ1) is 23.7. The minimum absolute atomic E-state index is 0.0793. The number of nitrogens with two attached hydrogens (primary N) is 1. The summed E-state index contributed by atoms with van der Waals surface area (Å²) in [5.41, 5.74) is 13.2. The third-order valence-corrected chi connectivity index (χ3v) is 7.57. The van der Waals surface area contributed by atoms with Gasteiger partial charge in [-0.2, -0.15) is 0 Å². The summed E-state index contributed by atoms with van der Waals surface area (Å²) in [6, 6.07) is 13.2. The van der Waals surface area contributed by atoms with E-state index in [-0.39, 0.29) is 6.10 Å². The lowest BCUT2D eigenvalue weighted by Gasteiger charge is -2.28. The van der Waals surface area contributed by atoms with Gasteiger partial charge in [0.2, 0.25) is 0 Å². The van der Waals surface area contributed by atoms with Crippen molar-refractivity contribution in [3.63, 3.8) is 0 Å². The molecule has 2 unspecified atom stereocenters. The molecular weight excluding hydrogens is 454 g/mol. The molecule has 1 aliphatic carbocycles. The number of fused-ring (bicyclic) bond motifs is 1. The molecule has 2 aliphatic rings. The van der Waals surface area contributed by atoms with Crippen LogP contribution in [0.1, 0.15) is 57.2 Å². The highest BCUT2D eigenvalue weighted by Crippen LogP contribution is 2.39. The minimum Gasteiger partial charge on any atom is -0.489 e. The number of hydrogen-bond donors (Lipinski definition) is 2. The number of benzene rings is 2.